The molecule has 0 spiro atoms. The van der Waals surface area contributed by atoms with Crippen molar-refractivity contribution in [3.8, 4) is 5.75 Å². The largest absolute Gasteiger partial charge is 0.487 e. The fourth-order valence-corrected chi connectivity index (χ4v) is 1.99. The zero-order valence-corrected chi connectivity index (χ0v) is 12.6. The zero-order chi connectivity index (χ0) is 13.2. The molecule has 0 fully saturated rings. The Balaban J connectivity index is 2.98. The minimum Gasteiger partial charge on any atom is -0.487 e. The maximum atomic E-state index is 10.9. The van der Waals surface area contributed by atoms with Crippen molar-refractivity contribution < 1.29 is 14.6 Å². The number of carboxylic acid groups (broad SMARTS) is 1. The molecule has 17 heavy (non-hydrogen) atoms. The van der Waals surface area contributed by atoms with Gasteiger partial charge < -0.3 is 9.84 Å². The van der Waals surface area contributed by atoms with E-state index in [4.69, 9.17) is 9.84 Å². The molecule has 0 radical (unpaired) electrons. The Labute approximate surface area is 115 Å². The first-order chi connectivity index (χ1) is 7.70. The lowest BCUT2D eigenvalue weighted by Gasteiger charge is -2.22. The van der Waals surface area contributed by atoms with Crippen molar-refractivity contribution in [3.63, 3.8) is 0 Å². The van der Waals surface area contributed by atoms with Crippen LogP contribution in [0.1, 0.15) is 39.2 Å². The molecule has 0 heterocycles. The van der Waals surface area contributed by atoms with Crippen LogP contribution in [0.2, 0.25) is 0 Å². The van der Waals surface area contributed by atoms with Gasteiger partial charge in [-0.1, -0.05) is 6.07 Å². The SMILES string of the molecule is CC(C(=O)O)c1ccc(OC(C)(C)C)c(I)c1. The number of aliphatic carboxylic acids is 1. The minimum absolute atomic E-state index is 0.250. The molecule has 1 unspecified atom stereocenters. The Morgan fingerprint density at radius 1 is 1.41 bits per heavy atom. The van der Waals surface area contributed by atoms with Gasteiger partial charge in [0.15, 0.2) is 0 Å². The summed E-state index contributed by atoms with van der Waals surface area (Å²) in [5.41, 5.74) is 0.544. The van der Waals surface area contributed by atoms with Gasteiger partial charge in [0.2, 0.25) is 0 Å². The molecule has 0 amide bonds. The molecule has 1 N–H and O–H groups in total. The average molecular weight is 348 g/mol. The number of halogens is 1. The van der Waals surface area contributed by atoms with Crippen LogP contribution in [0.4, 0.5) is 0 Å². The van der Waals surface area contributed by atoms with Gasteiger partial charge in [0.25, 0.3) is 0 Å². The van der Waals surface area contributed by atoms with Crippen LogP contribution >= 0.6 is 22.6 Å². The van der Waals surface area contributed by atoms with Crippen LogP contribution in [0.25, 0.3) is 0 Å². The Morgan fingerprint density at radius 2 is 2.00 bits per heavy atom. The molecular formula is C13H17IO3. The summed E-state index contributed by atoms with van der Waals surface area (Å²) in [4.78, 5) is 10.9. The van der Waals surface area contributed by atoms with Gasteiger partial charge in [0.1, 0.15) is 11.4 Å². The van der Waals surface area contributed by atoms with Crippen molar-refractivity contribution in [3.05, 3.63) is 27.3 Å². The maximum absolute atomic E-state index is 10.9. The average Bonchev–Trinajstić information content (AvgIpc) is 2.18. The van der Waals surface area contributed by atoms with Crippen molar-refractivity contribution in [1.82, 2.24) is 0 Å². The summed E-state index contributed by atoms with van der Waals surface area (Å²) in [5, 5.41) is 8.95. The van der Waals surface area contributed by atoms with Gasteiger partial charge in [-0.2, -0.15) is 0 Å². The van der Waals surface area contributed by atoms with E-state index in [9.17, 15) is 4.79 Å². The number of carboxylic acids is 1. The fraction of sp³-hybridized carbons (Fsp3) is 0.462. The standard InChI is InChI=1S/C13H17IO3/c1-8(12(15)16)9-5-6-11(10(14)7-9)17-13(2,3)4/h5-8H,1-4H3,(H,15,16). The molecule has 94 valence electrons. The quantitative estimate of drug-likeness (QED) is 0.848. The van der Waals surface area contributed by atoms with E-state index in [1.165, 1.54) is 0 Å². The first-order valence-corrected chi connectivity index (χ1v) is 6.50. The molecule has 0 aliphatic heterocycles. The Bertz CT molecular complexity index is 421. The van der Waals surface area contributed by atoms with E-state index in [1.807, 2.05) is 39.0 Å². The van der Waals surface area contributed by atoms with Gasteiger partial charge in [-0.3, -0.25) is 4.79 Å². The lowest BCUT2D eigenvalue weighted by molar-refractivity contribution is -0.138. The van der Waals surface area contributed by atoms with Gasteiger partial charge in [-0.05, 0) is 68.0 Å². The van der Waals surface area contributed by atoms with Crippen LogP contribution < -0.4 is 4.74 Å². The first-order valence-electron chi connectivity index (χ1n) is 5.42. The Kier molecular flexibility index (Phi) is 4.41. The second-order valence-corrected chi connectivity index (χ2v) is 6.13. The highest BCUT2D eigenvalue weighted by Gasteiger charge is 2.17. The van der Waals surface area contributed by atoms with E-state index in [1.54, 1.807) is 6.92 Å². The molecular weight excluding hydrogens is 331 g/mol. The summed E-state index contributed by atoms with van der Waals surface area (Å²) < 4.78 is 6.71. The van der Waals surface area contributed by atoms with Gasteiger partial charge in [-0.25, -0.2) is 0 Å². The number of hydrogen-bond donors (Lipinski definition) is 1. The molecule has 1 rings (SSSR count). The van der Waals surface area contributed by atoms with Crippen LogP contribution in [-0.2, 0) is 4.79 Å². The summed E-state index contributed by atoms with van der Waals surface area (Å²) in [5.74, 6) is -0.517. The van der Waals surface area contributed by atoms with E-state index in [-0.39, 0.29) is 5.60 Å². The molecule has 1 aromatic rings. The first kappa shape index (κ1) is 14.3. The number of rotatable bonds is 3. The normalized spacial score (nSPS) is 13.2. The second kappa shape index (κ2) is 5.25. The second-order valence-electron chi connectivity index (χ2n) is 4.96. The molecule has 1 aromatic carbocycles. The molecule has 3 nitrogen and oxygen atoms in total. The third-order valence-corrected chi connectivity index (χ3v) is 3.09. The highest BCUT2D eigenvalue weighted by atomic mass is 127. The summed E-state index contributed by atoms with van der Waals surface area (Å²) in [6.45, 7) is 7.63. The molecule has 0 saturated heterocycles. The predicted molar refractivity (Wildman–Crippen MR) is 75.6 cm³/mol. The topological polar surface area (TPSA) is 46.5 Å². The van der Waals surface area contributed by atoms with Crippen LogP contribution in [-0.4, -0.2) is 16.7 Å². The van der Waals surface area contributed by atoms with Crippen molar-refractivity contribution in [2.75, 3.05) is 0 Å². The molecule has 0 aliphatic rings. The van der Waals surface area contributed by atoms with Gasteiger partial charge in [0.05, 0.1) is 9.49 Å². The van der Waals surface area contributed by atoms with Gasteiger partial charge in [0, 0.05) is 0 Å². The summed E-state index contributed by atoms with van der Waals surface area (Å²) in [6, 6.07) is 5.50. The maximum Gasteiger partial charge on any atom is 0.310 e. The van der Waals surface area contributed by atoms with E-state index >= 15 is 0 Å². The third kappa shape index (κ3) is 4.18. The smallest absolute Gasteiger partial charge is 0.310 e. The molecule has 0 aliphatic carbocycles. The number of benzene rings is 1. The lowest BCUT2D eigenvalue weighted by atomic mass is 10.0. The monoisotopic (exact) mass is 348 g/mol. The molecule has 0 bridgehead atoms. The summed E-state index contributed by atoms with van der Waals surface area (Å²) >= 11 is 2.16. The molecule has 0 saturated carbocycles. The number of carbonyl (C=O) groups is 1. The number of ether oxygens (including phenoxy) is 1. The van der Waals surface area contributed by atoms with E-state index in [0.29, 0.717) is 0 Å². The van der Waals surface area contributed by atoms with E-state index in [2.05, 4.69) is 22.6 Å². The van der Waals surface area contributed by atoms with E-state index in [0.717, 1.165) is 14.9 Å². The fourth-order valence-electron chi connectivity index (χ4n) is 1.34. The Hall–Kier alpha value is -0.780. The number of hydrogen-bond acceptors (Lipinski definition) is 2. The van der Waals surface area contributed by atoms with Gasteiger partial charge in [-0.15, -0.1) is 0 Å². The summed E-state index contributed by atoms with van der Waals surface area (Å²) in [7, 11) is 0. The highest BCUT2D eigenvalue weighted by Crippen LogP contribution is 2.28. The highest BCUT2D eigenvalue weighted by molar-refractivity contribution is 14.1. The van der Waals surface area contributed by atoms with Crippen LogP contribution in [0, 0.1) is 3.57 Å². The van der Waals surface area contributed by atoms with Gasteiger partial charge >= 0.3 is 5.97 Å². The molecule has 1 atom stereocenters. The Morgan fingerprint density at radius 3 is 2.41 bits per heavy atom. The van der Waals surface area contributed by atoms with Crippen LogP contribution in [0.3, 0.4) is 0 Å². The predicted octanol–water partition coefficient (Wildman–Crippen LogP) is 3.66. The van der Waals surface area contributed by atoms with Crippen molar-refractivity contribution in [1.29, 1.82) is 0 Å². The zero-order valence-electron chi connectivity index (χ0n) is 10.5. The van der Waals surface area contributed by atoms with E-state index < -0.39 is 11.9 Å². The van der Waals surface area contributed by atoms with Crippen molar-refractivity contribution in [2.45, 2.75) is 39.2 Å². The minimum atomic E-state index is -0.815. The van der Waals surface area contributed by atoms with Crippen molar-refractivity contribution >= 4 is 28.6 Å². The lowest BCUT2D eigenvalue weighted by Crippen LogP contribution is -2.23. The summed E-state index contributed by atoms with van der Waals surface area (Å²) in [6.07, 6.45) is 0. The molecule has 0 aromatic heterocycles. The van der Waals surface area contributed by atoms with Crippen LogP contribution in [0.15, 0.2) is 18.2 Å². The van der Waals surface area contributed by atoms with Crippen LogP contribution in [0.5, 0.6) is 5.75 Å². The molecule has 4 heteroatoms. The van der Waals surface area contributed by atoms with Crippen molar-refractivity contribution in [2.24, 2.45) is 0 Å². The third-order valence-electron chi connectivity index (χ3n) is 2.24.